The Morgan fingerprint density at radius 1 is 1.53 bits per heavy atom. The smallest absolute Gasteiger partial charge is 0.232 e. The highest BCUT2D eigenvalue weighted by molar-refractivity contribution is 7.89. The number of hydrogen-bond donors (Lipinski definition) is 2. The molecule has 0 bridgehead atoms. The molecule has 2 N–H and O–H groups in total. The molecule has 0 aromatic rings. The fourth-order valence-electron chi connectivity index (χ4n) is 2.65. The average Bonchev–Trinajstić information content (AvgIpc) is 2.77. The fourth-order valence-corrected chi connectivity index (χ4v) is 3.13. The second-order valence-electron chi connectivity index (χ2n) is 5.14. The van der Waals surface area contributed by atoms with Crippen LogP contribution in [0.3, 0.4) is 0 Å². The molecule has 1 fully saturated rings. The Labute approximate surface area is 115 Å². The number of likely N-dealkylation sites (N-methyl/N-ethyl adjacent to an activating group) is 1. The first-order valence-corrected chi connectivity index (χ1v) is 8.59. The van der Waals surface area contributed by atoms with Crippen LogP contribution in [0.1, 0.15) is 19.8 Å². The van der Waals surface area contributed by atoms with E-state index in [0.29, 0.717) is 25.3 Å². The number of nitrogens with one attached hydrogen (secondary N) is 2. The van der Waals surface area contributed by atoms with Crippen molar-refractivity contribution in [3.63, 3.8) is 0 Å². The molecule has 2 aliphatic rings. The first-order valence-electron chi connectivity index (χ1n) is 6.70. The molecule has 2 heterocycles. The van der Waals surface area contributed by atoms with Crippen LogP contribution in [0.5, 0.6) is 0 Å². The van der Waals surface area contributed by atoms with E-state index < -0.39 is 10.0 Å². The van der Waals surface area contributed by atoms with Crippen molar-refractivity contribution in [2.75, 3.05) is 39.2 Å². The standard InChI is InChI=1S/C11H23N5O2S/c1-3-16-6-4-5-10(16)7-15-8-12-11(13-9-15)14-19(2,17)18/h10H,3-9H2,1-2H3,(H2,12,13,14). The molecule has 0 aromatic carbocycles. The van der Waals surface area contributed by atoms with E-state index in [1.807, 2.05) is 0 Å². The van der Waals surface area contributed by atoms with Gasteiger partial charge in [0.15, 0.2) is 0 Å². The van der Waals surface area contributed by atoms with E-state index in [-0.39, 0.29) is 0 Å². The second-order valence-corrected chi connectivity index (χ2v) is 6.88. The van der Waals surface area contributed by atoms with E-state index in [0.717, 1.165) is 19.3 Å². The Morgan fingerprint density at radius 2 is 2.32 bits per heavy atom. The maximum Gasteiger partial charge on any atom is 0.232 e. The lowest BCUT2D eigenvalue weighted by Gasteiger charge is -2.32. The van der Waals surface area contributed by atoms with Gasteiger partial charge in [0.05, 0.1) is 19.6 Å². The molecule has 7 nitrogen and oxygen atoms in total. The van der Waals surface area contributed by atoms with Crippen LogP contribution < -0.4 is 10.0 Å². The molecule has 0 aromatic heterocycles. The molecule has 1 unspecified atom stereocenters. The van der Waals surface area contributed by atoms with Crippen LogP contribution >= 0.6 is 0 Å². The molecular formula is C11H23N5O2S. The summed E-state index contributed by atoms with van der Waals surface area (Å²) < 4.78 is 24.5. The predicted octanol–water partition coefficient (Wildman–Crippen LogP) is -0.804. The molecule has 1 atom stereocenters. The average molecular weight is 289 g/mol. The maximum atomic E-state index is 11.1. The third-order valence-corrected chi connectivity index (χ3v) is 4.12. The Balaban J connectivity index is 1.83. The molecule has 2 aliphatic heterocycles. The molecule has 2 rings (SSSR count). The fraction of sp³-hybridized carbons (Fsp3) is 0.909. The lowest BCUT2D eigenvalue weighted by Crippen LogP contribution is -2.52. The zero-order valence-corrected chi connectivity index (χ0v) is 12.4. The molecule has 19 heavy (non-hydrogen) atoms. The Bertz CT molecular complexity index is 436. The van der Waals surface area contributed by atoms with Crippen LogP contribution in [0.4, 0.5) is 0 Å². The van der Waals surface area contributed by atoms with Crippen LogP contribution in [0.15, 0.2) is 4.99 Å². The Kier molecular flexibility index (Phi) is 4.64. The summed E-state index contributed by atoms with van der Waals surface area (Å²) in [5.41, 5.74) is 0. The topological polar surface area (TPSA) is 77.0 Å². The summed E-state index contributed by atoms with van der Waals surface area (Å²) in [7, 11) is -3.25. The van der Waals surface area contributed by atoms with E-state index >= 15 is 0 Å². The lowest BCUT2D eigenvalue weighted by molar-refractivity contribution is 0.172. The number of guanidine groups is 1. The van der Waals surface area contributed by atoms with Crippen LogP contribution in [0.25, 0.3) is 0 Å². The minimum atomic E-state index is -3.25. The first-order chi connectivity index (χ1) is 8.98. The maximum absolute atomic E-state index is 11.1. The number of likely N-dealkylation sites (tertiary alicyclic amines) is 1. The van der Waals surface area contributed by atoms with Gasteiger partial charge < -0.3 is 5.32 Å². The minimum absolute atomic E-state index is 0.345. The van der Waals surface area contributed by atoms with Crippen molar-refractivity contribution >= 4 is 16.0 Å². The van der Waals surface area contributed by atoms with Crippen molar-refractivity contribution in [3.05, 3.63) is 0 Å². The van der Waals surface area contributed by atoms with Gasteiger partial charge in [-0.2, -0.15) is 0 Å². The molecular weight excluding hydrogens is 266 g/mol. The third-order valence-electron chi connectivity index (χ3n) is 3.56. The van der Waals surface area contributed by atoms with E-state index in [9.17, 15) is 8.42 Å². The zero-order chi connectivity index (χ0) is 13.9. The SMILES string of the molecule is CCN1CCCC1CN1CN=C(NS(C)(=O)=O)NC1. The number of aliphatic imine (C=N–C) groups is 1. The van der Waals surface area contributed by atoms with Gasteiger partial charge in [-0.1, -0.05) is 6.92 Å². The third kappa shape index (κ3) is 4.32. The van der Waals surface area contributed by atoms with Crippen LogP contribution in [-0.4, -0.2) is 69.4 Å². The Morgan fingerprint density at radius 3 is 2.89 bits per heavy atom. The van der Waals surface area contributed by atoms with Gasteiger partial charge in [0, 0.05) is 12.6 Å². The number of nitrogens with zero attached hydrogens (tertiary/aromatic N) is 3. The van der Waals surface area contributed by atoms with Gasteiger partial charge in [-0.05, 0) is 25.9 Å². The first kappa shape index (κ1) is 14.5. The highest BCUT2D eigenvalue weighted by Crippen LogP contribution is 2.17. The van der Waals surface area contributed by atoms with Gasteiger partial charge in [-0.15, -0.1) is 0 Å². The summed E-state index contributed by atoms with van der Waals surface area (Å²) in [5.74, 6) is 0.345. The summed E-state index contributed by atoms with van der Waals surface area (Å²) in [6, 6.07) is 0.603. The van der Waals surface area contributed by atoms with Gasteiger partial charge >= 0.3 is 0 Å². The van der Waals surface area contributed by atoms with Crippen molar-refractivity contribution < 1.29 is 8.42 Å². The van der Waals surface area contributed by atoms with Crippen molar-refractivity contribution in [1.29, 1.82) is 0 Å². The lowest BCUT2D eigenvalue weighted by atomic mass is 10.2. The van der Waals surface area contributed by atoms with Crippen LogP contribution in [0.2, 0.25) is 0 Å². The predicted molar refractivity (Wildman–Crippen MR) is 75.3 cm³/mol. The van der Waals surface area contributed by atoms with Gasteiger partial charge in [0.1, 0.15) is 0 Å². The van der Waals surface area contributed by atoms with E-state index in [1.165, 1.54) is 19.4 Å². The summed E-state index contributed by atoms with van der Waals surface area (Å²) in [6.45, 7) is 6.63. The van der Waals surface area contributed by atoms with Crippen molar-refractivity contribution in [3.8, 4) is 0 Å². The van der Waals surface area contributed by atoms with Crippen molar-refractivity contribution in [1.82, 2.24) is 19.8 Å². The zero-order valence-electron chi connectivity index (χ0n) is 11.6. The molecule has 8 heteroatoms. The monoisotopic (exact) mass is 289 g/mol. The van der Waals surface area contributed by atoms with Gasteiger partial charge in [0.25, 0.3) is 0 Å². The molecule has 0 aliphatic carbocycles. The Hall–Kier alpha value is -0.860. The normalized spacial score (nSPS) is 26.0. The van der Waals surface area contributed by atoms with Gasteiger partial charge in [-0.25, -0.2) is 13.4 Å². The van der Waals surface area contributed by atoms with Crippen LogP contribution in [0, 0.1) is 0 Å². The summed E-state index contributed by atoms with van der Waals surface area (Å²) in [4.78, 5) is 8.91. The summed E-state index contributed by atoms with van der Waals surface area (Å²) >= 11 is 0. The molecule has 1 saturated heterocycles. The molecule has 110 valence electrons. The number of hydrogen-bond acceptors (Lipinski definition) is 6. The van der Waals surface area contributed by atoms with E-state index in [4.69, 9.17) is 0 Å². The molecule has 0 radical (unpaired) electrons. The summed E-state index contributed by atoms with van der Waals surface area (Å²) in [6.07, 6.45) is 3.63. The van der Waals surface area contributed by atoms with E-state index in [1.54, 1.807) is 0 Å². The van der Waals surface area contributed by atoms with Crippen molar-refractivity contribution in [2.45, 2.75) is 25.8 Å². The highest BCUT2D eigenvalue weighted by Gasteiger charge is 2.26. The van der Waals surface area contributed by atoms with E-state index in [2.05, 4.69) is 31.8 Å². The molecule has 0 spiro atoms. The second kappa shape index (κ2) is 6.06. The quantitative estimate of drug-likeness (QED) is 0.708. The molecule has 0 amide bonds. The largest absolute Gasteiger partial charge is 0.343 e. The van der Waals surface area contributed by atoms with Gasteiger partial charge in [-0.3, -0.25) is 14.5 Å². The van der Waals surface area contributed by atoms with Gasteiger partial charge in [0.2, 0.25) is 16.0 Å². The minimum Gasteiger partial charge on any atom is -0.343 e. The molecule has 0 saturated carbocycles. The van der Waals surface area contributed by atoms with Crippen LogP contribution in [-0.2, 0) is 10.0 Å². The number of rotatable bonds is 4. The van der Waals surface area contributed by atoms with Crippen molar-refractivity contribution in [2.24, 2.45) is 4.99 Å². The summed E-state index contributed by atoms with van der Waals surface area (Å²) in [5, 5.41) is 3.00. The highest BCUT2D eigenvalue weighted by atomic mass is 32.2. The number of sulfonamides is 1.